The van der Waals surface area contributed by atoms with Crippen molar-refractivity contribution in [1.29, 1.82) is 0 Å². The zero-order valence-electron chi connectivity index (χ0n) is 43.8. The minimum Gasteiger partial charge on any atom is -0.455 e. The highest BCUT2D eigenvalue weighted by molar-refractivity contribution is 7.80. The molecule has 6 aromatic rings. The van der Waals surface area contributed by atoms with Crippen LogP contribution in [0.3, 0.4) is 0 Å². The second-order valence-electron chi connectivity index (χ2n) is 24.4. The fourth-order valence-corrected chi connectivity index (χ4v) is 18.8. The highest BCUT2D eigenvalue weighted by Gasteiger charge is 2.40. The first-order chi connectivity index (χ1) is 30.7. The SMILES string of the molecule is CC(c1ccc(P(c2ccc(C(C)[Si](C)(C)C)cc2)c2cccc3c2Oc2c(P(c4ccc(C(C)[Si](C)(C)C)cc4)c4ccc(C(C)[Si](C)(C)C)cc4)cccc2C3(C)C)cc1)[Si](C)(C)C. The van der Waals surface area contributed by atoms with Crippen LogP contribution < -0.4 is 36.6 Å². The van der Waals surface area contributed by atoms with Crippen molar-refractivity contribution in [3.63, 3.8) is 0 Å². The molecule has 6 aromatic carbocycles. The Hall–Kier alpha value is -3.15. The largest absolute Gasteiger partial charge is 0.455 e. The van der Waals surface area contributed by atoms with Gasteiger partial charge in [-0.3, -0.25) is 0 Å². The van der Waals surface area contributed by atoms with Gasteiger partial charge in [0.2, 0.25) is 0 Å². The first-order valence-electron chi connectivity index (χ1n) is 24.6. The fourth-order valence-electron chi connectivity index (χ4n) is 9.35. The van der Waals surface area contributed by atoms with Crippen LogP contribution in [-0.2, 0) is 5.41 Å². The lowest BCUT2D eigenvalue weighted by atomic mass is 9.76. The molecule has 0 amide bonds. The van der Waals surface area contributed by atoms with E-state index in [2.05, 4.69) is 254 Å². The zero-order valence-corrected chi connectivity index (χ0v) is 49.6. The maximum Gasteiger partial charge on any atom is 0.139 e. The van der Waals surface area contributed by atoms with E-state index in [1.807, 2.05) is 0 Å². The molecule has 0 N–H and O–H groups in total. The molecule has 0 spiro atoms. The average Bonchev–Trinajstić information content (AvgIpc) is 3.26. The van der Waals surface area contributed by atoms with E-state index < -0.39 is 48.1 Å². The van der Waals surface area contributed by atoms with Crippen LogP contribution in [0, 0.1) is 0 Å². The molecule has 0 bridgehead atoms. The highest BCUT2D eigenvalue weighted by atomic mass is 31.1. The van der Waals surface area contributed by atoms with Crippen molar-refractivity contribution >= 4 is 80.0 Å². The van der Waals surface area contributed by atoms with Crippen molar-refractivity contribution in [3.05, 3.63) is 167 Å². The van der Waals surface area contributed by atoms with Crippen LogP contribution in [0.2, 0.25) is 78.6 Å². The van der Waals surface area contributed by atoms with E-state index in [0.717, 1.165) is 11.5 Å². The summed E-state index contributed by atoms with van der Waals surface area (Å²) in [6.45, 7) is 44.4. The predicted molar refractivity (Wildman–Crippen MR) is 310 cm³/mol. The number of hydrogen-bond donors (Lipinski definition) is 0. The van der Waals surface area contributed by atoms with Crippen molar-refractivity contribution < 1.29 is 4.74 Å². The van der Waals surface area contributed by atoms with Gasteiger partial charge >= 0.3 is 0 Å². The van der Waals surface area contributed by atoms with Crippen LogP contribution >= 0.6 is 15.8 Å². The molecule has 1 nitrogen and oxygen atoms in total. The molecule has 7 heteroatoms. The molecule has 0 fully saturated rings. The van der Waals surface area contributed by atoms with Crippen LogP contribution in [0.1, 0.15) is 97.1 Å². The number of benzene rings is 6. The molecule has 4 atom stereocenters. The lowest BCUT2D eigenvalue weighted by Crippen LogP contribution is -2.33. The molecule has 0 aliphatic carbocycles. The van der Waals surface area contributed by atoms with E-state index in [9.17, 15) is 0 Å². The van der Waals surface area contributed by atoms with E-state index in [1.54, 1.807) is 0 Å². The Labute approximate surface area is 408 Å². The van der Waals surface area contributed by atoms with Gasteiger partial charge in [-0.05, 0) is 81.5 Å². The Morgan fingerprint density at radius 3 is 0.788 bits per heavy atom. The van der Waals surface area contributed by atoms with E-state index in [-0.39, 0.29) is 5.41 Å². The number of para-hydroxylation sites is 2. The van der Waals surface area contributed by atoms with Crippen LogP contribution in [0.5, 0.6) is 11.5 Å². The molecule has 1 heterocycles. The van der Waals surface area contributed by atoms with Gasteiger partial charge in [-0.2, -0.15) is 0 Å². The van der Waals surface area contributed by atoms with Gasteiger partial charge in [-0.25, -0.2) is 0 Å². The van der Waals surface area contributed by atoms with E-state index >= 15 is 0 Å². The van der Waals surface area contributed by atoms with Crippen molar-refractivity contribution in [2.45, 2.75) is 148 Å². The van der Waals surface area contributed by atoms with Gasteiger partial charge in [0.15, 0.2) is 0 Å². The molecule has 348 valence electrons. The van der Waals surface area contributed by atoms with Crippen LogP contribution in [0.15, 0.2) is 133 Å². The Morgan fingerprint density at radius 1 is 0.348 bits per heavy atom. The Morgan fingerprint density at radius 2 is 0.576 bits per heavy atom. The van der Waals surface area contributed by atoms with Crippen molar-refractivity contribution in [3.8, 4) is 11.5 Å². The van der Waals surface area contributed by atoms with E-state index in [0.29, 0.717) is 22.2 Å². The summed E-state index contributed by atoms with van der Waals surface area (Å²) < 4.78 is 7.70. The smallest absolute Gasteiger partial charge is 0.139 e. The lowest BCUT2D eigenvalue weighted by molar-refractivity contribution is 0.425. The van der Waals surface area contributed by atoms with E-state index in [1.165, 1.54) is 65.2 Å². The minimum absolute atomic E-state index is 0.280. The Bertz CT molecular complexity index is 2320. The van der Waals surface area contributed by atoms with Gasteiger partial charge in [-0.15, -0.1) is 0 Å². The second kappa shape index (κ2) is 19.0. The summed E-state index contributed by atoms with van der Waals surface area (Å²) in [7, 11) is -7.42. The number of fused-ring (bicyclic) bond motifs is 2. The third-order valence-corrected chi connectivity index (χ3v) is 32.5. The monoisotopic (exact) mass is 978 g/mol. The molecule has 1 aliphatic rings. The van der Waals surface area contributed by atoms with Gasteiger partial charge in [0.05, 0.1) is 32.3 Å². The summed E-state index contributed by atoms with van der Waals surface area (Å²) in [6.07, 6.45) is 0. The third-order valence-electron chi connectivity index (χ3n) is 15.8. The van der Waals surface area contributed by atoms with Crippen LogP contribution in [0.4, 0.5) is 0 Å². The summed E-state index contributed by atoms with van der Waals surface area (Å²) in [6, 6.07) is 53.0. The molecule has 1 aliphatic heterocycles. The maximum atomic E-state index is 7.70. The first-order valence-corrected chi connectivity index (χ1v) is 41.6. The average molecular weight is 980 g/mol. The van der Waals surface area contributed by atoms with Crippen molar-refractivity contribution in [2.75, 3.05) is 0 Å². The van der Waals surface area contributed by atoms with Gasteiger partial charge in [0.1, 0.15) is 11.5 Å². The zero-order chi connectivity index (χ0) is 48.3. The molecule has 66 heavy (non-hydrogen) atoms. The first kappa shape index (κ1) is 50.7. The second-order valence-corrected chi connectivity index (χ2v) is 51.2. The standard InChI is InChI=1S/C59H80OP2Si4/c1-41(63(7,8)9)45-25-33-49(34-26-45)61(50-35-27-46(28-36-50)42(2)64(10,11)12)55-23-19-21-53-57(55)60-58-54(59(53,5)6)22-20-24-56(58)62(51-37-29-47(30-38-51)43(3)65(13,14)15)52-39-31-48(32-40-52)44(4)66(16,17)18/h19-44H,1-18H3. The molecular weight excluding hydrogens is 899 g/mol. The molecule has 0 aromatic heterocycles. The van der Waals surface area contributed by atoms with Gasteiger partial charge in [-0.1, -0.05) is 254 Å². The molecule has 0 saturated carbocycles. The van der Waals surface area contributed by atoms with Gasteiger partial charge < -0.3 is 4.74 Å². The number of hydrogen-bond acceptors (Lipinski definition) is 1. The van der Waals surface area contributed by atoms with Crippen molar-refractivity contribution in [2.24, 2.45) is 0 Å². The quantitative estimate of drug-likeness (QED) is 0.0781. The molecule has 0 saturated heterocycles. The van der Waals surface area contributed by atoms with E-state index in [4.69, 9.17) is 4.74 Å². The maximum absolute atomic E-state index is 7.70. The van der Waals surface area contributed by atoms with Gasteiger partial charge in [0, 0.05) is 27.2 Å². The molecule has 4 unspecified atom stereocenters. The summed E-state index contributed by atoms with van der Waals surface area (Å²) in [5.74, 6) is 2.09. The molecule has 7 rings (SSSR count). The van der Waals surface area contributed by atoms with Crippen molar-refractivity contribution in [1.82, 2.24) is 0 Å². The Balaban J connectivity index is 1.41. The summed E-state index contributed by atoms with van der Waals surface area (Å²) in [4.78, 5) is 0. The van der Waals surface area contributed by atoms with Crippen LogP contribution in [-0.4, -0.2) is 32.3 Å². The summed E-state index contributed by atoms with van der Waals surface area (Å²) >= 11 is 0. The predicted octanol–water partition coefficient (Wildman–Crippen LogP) is 15.6. The molecule has 0 radical (unpaired) electrons. The lowest BCUT2D eigenvalue weighted by Gasteiger charge is -2.38. The van der Waals surface area contributed by atoms with Crippen LogP contribution in [0.25, 0.3) is 0 Å². The number of ether oxygens (including phenoxy) is 1. The minimum atomic E-state index is -1.38. The Kier molecular flexibility index (Phi) is 14.6. The fraction of sp³-hybridized carbons (Fsp3) is 0.390. The normalized spacial score (nSPS) is 16.8. The summed E-state index contributed by atoms with van der Waals surface area (Å²) in [5, 5.41) is 8.09. The topological polar surface area (TPSA) is 9.23 Å². The third kappa shape index (κ3) is 10.4. The summed E-state index contributed by atoms with van der Waals surface area (Å²) in [5.41, 5.74) is 10.4. The number of rotatable bonds is 14. The highest BCUT2D eigenvalue weighted by Crippen LogP contribution is 2.52. The van der Waals surface area contributed by atoms with Gasteiger partial charge in [0.25, 0.3) is 0 Å². The molecular formula is C59H80OP2Si4.